The Morgan fingerprint density at radius 3 is 2.00 bits per heavy atom. The molecule has 0 aliphatic carbocycles. The Balaban J connectivity index is 2.21. The number of hydrogen-bond donors (Lipinski definition) is 1. The van der Waals surface area contributed by atoms with Crippen LogP contribution in [-0.2, 0) is 11.8 Å². The van der Waals surface area contributed by atoms with E-state index in [0.717, 1.165) is 17.5 Å². The molecule has 2 rings (SSSR count). The van der Waals surface area contributed by atoms with Crippen molar-refractivity contribution >= 4 is 0 Å². The van der Waals surface area contributed by atoms with Gasteiger partial charge in [-0.3, -0.25) is 0 Å². The molecule has 0 radical (unpaired) electrons. The third-order valence-electron chi connectivity index (χ3n) is 4.14. The standard InChI is InChI=1S/C20H26O/c1-15(2)14-16-10-12-17(13-11-16)19(21)20(3,4)18-8-6-5-7-9-18/h5-13,15,19,21H,14H2,1-4H3. The molecule has 2 aromatic carbocycles. The highest BCUT2D eigenvalue weighted by Crippen LogP contribution is 2.36. The van der Waals surface area contributed by atoms with Gasteiger partial charge in [-0.1, -0.05) is 82.3 Å². The van der Waals surface area contributed by atoms with Crippen molar-refractivity contribution < 1.29 is 5.11 Å². The normalized spacial score (nSPS) is 13.4. The van der Waals surface area contributed by atoms with Crippen LogP contribution < -0.4 is 0 Å². The van der Waals surface area contributed by atoms with Gasteiger partial charge in [0.2, 0.25) is 0 Å². The number of aliphatic hydroxyl groups excluding tert-OH is 1. The first kappa shape index (κ1) is 15.8. The van der Waals surface area contributed by atoms with Crippen molar-refractivity contribution in [1.29, 1.82) is 0 Å². The van der Waals surface area contributed by atoms with Crippen molar-refractivity contribution in [2.24, 2.45) is 5.92 Å². The third kappa shape index (κ3) is 3.74. The largest absolute Gasteiger partial charge is 0.388 e. The van der Waals surface area contributed by atoms with Crippen LogP contribution in [0.5, 0.6) is 0 Å². The summed E-state index contributed by atoms with van der Waals surface area (Å²) in [5.41, 5.74) is 3.17. The summed E-state index contributed by atoms with van der Waals surface area (Å²) in [6.07, 6.45) is 0.575. The lowest BCUT2D eigenvalue weighted by Gasteiger charge is -2.31. The van der Waals surface area contributed by atoms with E-state index in [4.69, 9.17) is 0 Å². The van der Waals surface area contributed by atoms with Crippen molar-refractivity contribution in [3.63, 3.8) is 0 Å². The Morgan fingerprint density at radius 2 is 1.48 bits per heavy atom. The van der Waals surface area contributed by atoms with Gasteiger partial charge in [0.25, 0.3) is 0 Å². The van der Waals surface area contributed by atoms with Gasteiger partial charge in [-0.25, -0.2) is 0 Å². The van der Waals surface area contributed by atoms with Gasteiger partial charge in [-0.2, -0.15) is 0 Å². The van der Waals surface area contributed by atoms with E-state index in [0.29, 0.717) is 5.92 Å². The fourth-order valence-corrected chi connectivity index (χ4v) is 2.75. The van der Waals surface area contributed by atoms with Gasteiger partial charge in [0.1, 0.15) is 0 Å². The van der Waals surface area contributed by atoms with Gasteiger partial charge < -0.3 is 5.11 Å². The molecule has 1 N–H and O–H groups in total. The van der Waals surface area contributed by atoms with Gasteiger partial charge in [0.15, 0.2) is 0 Å². The number of hydrogen-bond acceptors (Lipinski definition) is 1. The molecule has 1 heteroatoms. The van der Waals surface area contributed by atoms with E-state index in [1.165, 1.54) is 5.56 Å². The van der Waals surface area contributed by atoms with Crippen LogP contribution >= 0.6 is 0 Å². The quantitative estimate of drug-likeness (QED) is 0.827. The monoisotopic (exact) mass is 282 g/mol. The first-order chi connectivity index (χ1) is 9.91. The molecule has 0 bridgehead atoms. The minimum Gasteiger partial charge on any atom is -0.388 e. The summed E-state index contributed by atoms with van der Waals surface area (Å²) < 4.78 is 0. The van der Waals surface area contributed by atoms with Crippen LogP contribution in [-0.4, -0.2) is 5.11 Å². The molecule has 112 valence electrons. The predicted octanol–water partition coefficient (Wildman–Crippen LogP) is 4.90. The Labute approximate surface area is 128 Å². The number of benzene rings is 2. The maximum absolute atomic E-state index is 10.8. The maximum atomic E-state index is 10.8. The number of aliphatic hydroxyl groups is 1. The minimum atomic E-state index is -0.506. The molecular weight excluding hydrogens is 256 g/mol. The Hall–Kier alpha value is -1.60. The second-order valence-corrected chi connectivity index (χ2v) is 6.83. The molecular formula is C20H26O. The van der Waals surface area contributed by atoms with Crippen molar-refractivity contribution in [3.05, 3.63) is 71.3 Å². The van der Waals surface area contributed by atoms with E-state index in [2.05, 4.69) is 64.1 Å². The first-order valence-electron chi connectivity index (χ1n) is 7.73. The topological polar surface area (TPSA) is 20.2 Å². The van der Waals surface area contributed by atoms with Crippen LogP contribution in [0.25, 0.3) is 0 Å². The summed E-state index contributed by atoms with van der Waals surface area (Å²) in [7, 11) is 0. The molecule has 0 fully saturated rings. The molecule has 0 spiro atoms. The molecule has 0 aromatic heterocycles. The third-order valence-corrected chi connectivity index (χ3v) is 4.14. The molecule has 0 heterocycles. The lowest BCUT2D eigenvalue weighted by Crippen LogP contribution is -2.26. The summed E-state index contributed by atoms with van der Waals surface area (Å²) in [6.45, 7) is 8.63. The van der Waals surface area contributed by atoms with Crippen molar-refractivity contribution in [2.45, 2.75) is 45.6 Å². The Bertz CT molecular complexity index is 552. The predicted molar refractivity (Wildman–Crippen MR) is 89.4 cm³/mol. The van der Waals surface area contributed by atoms with Crippen molar-refractivity contribution in [2.75, 3.05) is 0 Å². The van der Waals surface area contributed by atoms with E-state index in [9.17, 15) is 5.11 Å². The zero-order valence-corrected chi connectivity index (χ0v) is 13.5. The second-order valence-electron chi connectivity index (χ2n) is 6.83. The van der Waals surface area contributed by atoms with Gasteiger partial charge in [-0.05, 0) is 29.0 Å². The molecule has 2 aromatic rings. The molecule has 21 heavy (non-hydrogen) atoms. The lowest BCUT2D eigenvalue weighted by atomic mass is 9.76. The van der Waals surface area contributed by atoms with Crippen LogP contribution in [0.15, 0.2) is 54.6 Å². The summed E-state index contributed by atoms with van der Waals surface area (Å²) in [6, 6.07) is 18.6. The Kier molecular flexibility index (Phi) is 4.84. The highest BCUT2D eigenvalue weighted by atomic mass is 16.3. The zero-order valence-electron chi connectivity index (χ0n) is 13.5. The molecule has 0 saturated heterocycles. The molecule has 0 amide bonds. The van der Waals surface area contributed by atoms with E-state index < -0.39 is 6.10 Å². The number of rotatable bonds is 5. The highest BCUT2D eigenvalue weighted by Gasteiger charge is 2.30. The van der Waals surface area contributed by atoms with E-state index in [1.807, 2.05) is 18.2 Å². The van der Waals surface area contributed by atoms with Crippen molar-refractivity contribution in [1.82, 2.24) is 0 Å². The Morgan fingerprint density at radius 1 is 0.905 bits per heavy atom. The van der Waals surface area contributed by atoms with E-state index in [-0.39, 0.29) is 5.41 Å². The molecule has 0 aliphatic rings. The molecule has 0 aliphatic heterocycles. The second kappa shape index (κ2) is 6.44. The minimum absolute atomic E-state index is 0.305. The SMILES string of the molecule is CC(C)Cc1ccc(C(O)C(C)(C)c2ccccc2)cc1. The molecule has 1 nitrogen and oxygen atoms in total. The average Bonchev–Trinajstić information content (AvgIpc) is 2.47. The average molecular weight is 282 g/mol. The first-order valence-corrected chi connectivity index (χ1v) is 7.73. The molecule has 1 atom stereocenters. The fourth-order valence-electron chi connectivity index (χ4n) is 2.75. The van der Waals surface area contributed by atoms with Crippen LogP contribution in [0.2, 0.25) is 0 Å². The van der Waals surface area contributed by atoms with Gasteiger partial charge in [0.05, 0.1) is 6.10 Å². The fraction of sp³-hybridized carbons (Fsp3) is 0.400. The maximum Gasteiger partial charge on any atom is 0.0881 e. The van der Waals surface area contributed by atoms with E-state index in [1.54, 1.807) is 0 Å². The zero-order chi connectivity index (χ0) is 15.5. The van der Waals surface area contributed by atoms with Gasteiger partial charge in [-0.15, -0.1) is 0 Å². The summed E-state index contributed by atoms with van der Waals surface area (Å²) in [4.78, 5) is 0. The summed E-state index contributed by atoms with van der Waals surface area (Å²) >= 11 is 0. The van der Waals surface area contributed by atoms with Crippen LogP contribution in [0, 0.1) is 5.92 Å². The van der Waals surface area contributed by atoms with Gasteiger partial charge in [0, 0.05) is 5.41 Å². The lowest BCUT2D eigenvalue weighted by molar-refractivity contribution is 0.100. The van der Waals surface area contributed by atoms with Crippen LogP contribution in [0.1, 0.15) is 50.5 Å². The van der Waals surface area contributed by atoms with Gasteiger partial charge >= 0.3 is 0 Å². The smallest absolute Gasteiger partial charge is 0.0881 e. The van der Waals surface area contributed by atoms with Crippen LogP contribution in [0.3, 0.4) is 0 Å². The van der Waals surface area contributed by atoms with Crippen LogP contribution in [0.4, 0.5) is 0 Å². The molecule has 0 saturated carbocycles. The van der Waals surface area contributed by atoms with E-state index >= 15 is 0 Å². The highest BCUT2D eigenvalue weighted by molar-refractivity contribution is 5.32. The summed E-state index contributed by atoms with van der Waals surface area (Å²) in [5.74, 6) is 0.654. The van der Waals surface area contributed by atoms with Crippen molar-refractivity contribution in [3.8, 4) is 0 Å². The summed E-state index contributed by atoms with van der Waals surface area (Å²) in [5, 5.41) is 10.8. The molecule has 1 unspecified atom stereocenters.